The van der Waals surface area contributed by atoms with Gasteiger partial charge < -0.3 is 15.7 Å². The highest BCUT2D eigenvalue weighted by molar-refractivity contribution is 5.88. The van der Waals surface area contributed by atoms with Crippen LogP contribution in [0.25, 0.3) is 0 Å². The summed E-state index contributed by atoms with van der Waals surface area (Å²) in [5.41, 5.74) is 0.839. The van der Waals surface area contributed by atoms with Crippen LogP contribution in [0.5, 0.6) is 5.75 Å². The van der Waals surface area contributed by atoms with Crippen molar-refractivity contribution in [2.24, 2.45) is 5.92 Å². The zero-order valence-corrected chi connectivity index (χ0v) is 15.6. The van der Waals surface area contributed by atoms with Gasteiger partial charge in [0.2, 0.25) is 11.8 Å². The Morgan fingerprint density at radius 3 is 2.27 bits per heavy atom. The number of hydrogen-bond donors (Lipinski definition) is 3. The summed E-state index contributed by atoms with van der Waals surface area (Å²) in [4.78, 5) is 25.1. The number of nitriles is 1. The largest absolute Gasteiger partial charge is 0.508 e. The van der Waals surface area contributed by atoms with Crippen LogP contribution in [0, 0.1) is 17.2 Å². The Labute approximate surface area is 155 Å². The van der Waals surface area contributed by atoms with E-state index in [2.05, 4.69) is 10.6 Å². The maximum atomic E-state index is 12.6. The van der Waals surface area contributed by atoms with Crippen molar-refractivity contribution < 1.29 is 14.7 Å². The minimum absolute atomic E-state index is 0.0979. The van der Waals surface area contributed by atoms with Crippen molar-refractivity contribution in [1.82, 2.24) is 10.6 Å². The zero-order valence-electron chi connectivity index (χ0n) is 15.6. The normalized spacial score (nSPS) is 11.6. The minimum Gasteiger partial charge on any atom is -0.508 e. The number of aromatic hydroxyl groups is 1. The van der Waals surface area contributed by atoms with Gasteiger partial charge in [-0.15, -0.1) is 0 Å². The molecule has 1 unspecified atom stereocenters. The molecule has 0 spiro atoms. The Hall–Kier alpha value is -2.55. The fraction of sp³-hybridized carbons (Fsp3) is 0.550. The van der Waals surface area contributed by atoms with E-state index in [0.29, 0.717) is 6.42 Å². The van der Waals surface area contributed by atoms with E-state index in [1.54, 1.807) is 24.3 Å². The summed E-state index contributed by atoms with van der Waals surface area (Å²) in [6, 6.07) is 7.84. The molecule has 0 saturated heterocycles. The Balaban J connectivity index is 2.84. The molecule has 142 valence electrons. The molecule has 0 bridgehead atoms. The van der Waals surface area contributed by atoms with Gasteiger partial charge in [0, 0.05) is 18.9 Å². The fourth-order valence-corrected chi connectivity index (χ4v) is 2.83. The molecule has 0 aliphatic heterocycles. The predicted octanol–water partition coefficient (Wildman–Crippen LogP) is 2.67. The standard InChI is InChI=1S/C20H29N3O3/c1-3-6-16(7-4-2)19(25)23-18(20(26)22-13-5-12-21)14-15-8-10-17(24)11-9-15/h8-11,16,18,24H,3-7,13-14H2,1-2H3,(H,22,26)(H,23,25). The van der Waals surface area contributed by atoms with Crippen molar-refractivity contribution in [2.75, 3.05) is 6.54 Å². The Bertz CT molecular complexity index is 602. The van der Waals surface area contributed by atoms with Gasteiger partial charge in [-0.3, -0.25) is 9.59 Å². The van der Waals surface area contributed by atoms with Crippen molar-refractivity contribution in [1.29, 1.82) is 5.26 Å². The van der Waals surface area contributed by atoms with E-state index in [4.69, 9.17) is 5.26 Å². The first-order valence-electron chi connectivity index (χ1n) is 9.24. The van der Waals surface area contributed by atoms with E-state index in [1.807, 2.05) is 19.9 Å². The second-order valence-corrected chi connectivity index (χ2v) is 6.41. The first-order chi connectivity index (χ1) is 12.5. The summed E-state index contributed by atoms with van der Waals surface area (Å²) < 4.78 is 0. The number of nitrogens with zero attached hydrogens (tertiary/aromatic N) is 1. The molecule has 1 atom stereocenters. The Kier molecular flexibility index (Phi) is 9.85. The van der Waals surface area contributed by atoms with Crippen LogP contribution in [0.1, 0.15) is 51.5 Å². The molecular formula is C20H29N3O3. The molecule has 0 aromatic heterocycles. The van der Waals surface area contributed by atoms with E-state index in [9.17, 15) is 14.7 Å². The number of phenols is 1. The van der Waals surface area contributed by atoms with E-state index in [-0.39, 0.29) is 36.4 Å². The number of carbonyl (C=O) groups excluding carboxylic acids is 2. The van der Waals surface area contributed by atoms with Crippen molar-refractivity contribution in [3.8, 4) is 11.8 Å². The highest BCUT2D eigenvalue weighted by Gasteiger charge is 2.25. The van der Waals surface area contributed by atoms with Crippen molar-refractivity contribution in [2.45, 2.75) is 58.4 Å². The van der Waals surface area contributed by atoms with Crippen LogP contribution in [0.4, 0.5) is 0 Å². The molecule has 0 heterocycles. The van der Waals surface area contributed by atoms with Crippen LogP contribution >= 0.6 is 0 Å². The summed E-state index contributed by atoms with van der Waals surface area (Å²) in [6.45, 7) is 4.33. The summed E-state index contributed by atoms with van der Waals surface area (Å²) in [6.07, 6.45) is 3.96. The summed E-state index contributed by atoms with van der Waals surface area (Å²) in [5.74, 6) is -0.348. The molecule has 6 nitrogen and oxygen atoms in total. The maximum absolute atomic E-state index is 12.6. The van der Waals surface area contributed by atoms with Gasteiger partial charge in [-0.2, -0.15) is 5.26 Å². The molecule has 2 amide bonds. The molecule has 0 aliphatic carbocycles. The fourth-order valence-electron chi connectivity index (χ4n) is 2.83. The van der Waals surface area contributed by atoms with E-state index >= 15 is 0 Å². The lowest BCUT2D eigenvalue weighted by molar-refractivity contribution is -0.131. The summed E-state index contributed by atoms with van der Waals surface area (Å²) in [7, 11) is 0. The Morgan fingerprint density at radius 1 is 1.12 bits per heavy atom. The average Bonchev–Trinajstić information content (AvgIpc) is 2.62. The number of carbonyl (C=O) groups is 2. The molecule has 1 aromatic rings. The highest BCUT2D eigenvalue weighted by atomic mass is 16.3. The quantitative estimate of drug-likeness (QED) is 0.529. The summed E-state index contributed by atoms with van der Waals surface area (Å²) >= 11 is 0. The third-order valence-corrected chi connectivity index (χ3v) is 4.19. The predicted molar refractivity (Wildman–Crippen MR) is 100 cm³/mol. The number of benzene rings is 1. The number of amides is 2. The molecule has 1 rings (SSSR count). The second-order valence-electron chi connectivity index (χ2n) is 6.41. The Morgan fingerprint density at radius 2 is 1.73 bits per heavy atom. The van der Waals surface area contributed by atoms with Gasteiger partial charge in [-0.05, 0) is 30.5 Å². The highest BCUT2D eigenvalue weighted by Crippen LogP contribution is 2.15. The minimum atomic E-state index is -0.707. The molecule has 3 N–H and O–H groups in total. The van der Waals surface area contributed by atoms with Crippen LogP contribution in [0.3, 0.4) is 0 Å². The van der Waals surface area contributed by atoms with Crippen LogP contribution in [0.2, 0.25) is 0 Å². The number of rotatable bonds is 11. The van der Waals surface area contributed by atoms with Crippen molar-refractivity contribution in [3.05, 3.63) is 29.8 Å². The maximum Gasteiger partial charge on any atom is 0.242 e. The van der Waals surface area contributed by atoms with Gasteiger partial charge in [0.15, 0.2) is 0 Å². The molecule has 6 heteroatoms. The summed E-state index contributed by atoms with van der Waals surface area (Å²) in [5, 5.41) is 23.6. The number of phenolic OH excluding ortho intramolecular Hbond substituents is 1. The van der Waals surface area contributed by atoms with Crippen LogP contribution in [0.15, 0.2) is 24.3 Å². The van der Waals surface area contributed by atoms with Gasteiger partial charge in [0.1, 0.15) is 11.8 Å². The smallest absolute Gasteiger partial charge is 0.242 e. The molecular weight excluding hydrogens is 330 g/mol. The molecule has 0 aliphatic rings. The van der Waals surface area contributed by atoms with Gasteiger partial charge >= 0.3 is 0 Å². The molecule has 0 radical (unpaired) electrons. The van der Waals surface area contributed by atoms with Crippen molar-refractivity contribution in [3.63, 3.8) is 0 Å². The third-order valence-electron chi connectivity index (χ3n) is 4.19. The van der Waals surface area contributed by atoms with Crippen LogP contribution < -0.4 is 10.6 Å². The first kappa shape index (κ1) is 21.5. The van der Waals surface area contributed by atoms with E-state index in [0.717, 1.165) is 31.2 Å². The topological polar surface area (TPSA) is 102 Å². The zero-order chi connectivity index (χ0) is 19.4. The second kappa shape index (κ2) is 11.9. The lowest BCUT2D eigenvalue weighted by Gasteiger charge is -2.22. The SMILES string of the molecule is CCCC(CCC)C(=O)NC(Cc1ccc(O)cc1)C(=O)NCCC#N. The van der Waals surface area contributed by atoms with E-state index in [1.165, 1.54) is 0 Å². The average molecular weight is 359 g/mol. The third kappa shape index (κ3) is 7.56. The number of hydrogen-bond acceptors (Lipinski definition) is 4. The molecule has 0 saturated carbocycles. The van der Waals surface area contributed by atoms with Gasteiger partial charge in [0.25, 0.3) is 0 Å². The monoisotopic (exact) mass is 359 g/mol. The van der Waals surface area contributed by atoms with Gasteiger partial charge in [-0.25, -0.2) is 0 Å². The van der Waals surface area contributed by atoms with E-state index < -0.39 is 6.04 Å². The lowest BCUT2D eigenvalue weighted by Crippen LogP contribution is -2.49. The van der Waals surface area contributed by atoms with Gasteiger partial charge in [0.05, 0.1) is 12.5 Å². The number of nitrogens with one attached hydrogen (secondary N) is 2. The molecule has 1 aromatic carbocycles. The molecule has 26 heavy (non-hydrogen) atoms. The van der Waals surface area contributed by atoms with Crippen LogP contribution in [-0.2, 0) is 16.0 Å². The molecule has 0 fully saturated rings. The van der Waals surface area contributed by atoms with Crippen molar-refractivity contribution >= 4 is 11.8 Å². The van der Waals surface area contributed by atoms with Crippen LogP contribution in [-0.4, -0.2) is 29.5 Å². The van der Waals surface area contributed by atoms with Gasteiger partial charge in [-0.1, -0.05) is 38.8 Å². The first-order valence-corrected chi connectivity index (χ1v) is 9.24. The lowest BCUT2D eigenvalue weighted by atomic mass is 9.96.